The summed E-state index contributed by atoms with van der Waals surface area (Å²) in [4.78, 5) is 5.34. The van der Waals surface area contributed by atoms with Crippen LogP contribution in [0.2, 0.25) is 0 Å². The van der Waals surface area contributed by atoms with Crippen LogP contribution in [0.4, 0.5) is 34.1 Å². The molecule has 0 amide bonds. The van der Waals surface area contributed by atoms with Crippen LogP contribution in [0.3, 0.4) is 0 Å². The van der Waals surface area contributed by atoms with Crippen LogP contribution in [0, 0.1) is 27.7 Å². The number of aryl methyl sites for hydroxylation is 4. The lowest BCUT2D eigenvalue weighted by Crippen LogP contribution is -2.61. The minimum Gasteiger partial charge on any atom is -0.456 e. The van der Waals surface area contributed by atoms with E-state index in [1.54, 1.807) is 0 Å². The molecule has 9 aromatic rings. The van der Waals surface area contributed by atoms with Crippen LogP contribution in [0.15, 0.2) is 144 Å². The zero-order chi connectivity index (χ0) is 49.3. The van der Waals surface area contributed by atoms with E-state index < -0.39 is 0 Å². The second-order valence-electron chi connectivity index (χ2n) is 24.5. The van der Waals surface area contributed by atoms with Gasteiger partial charge in [-0.2, -0.15) is 0 Å². The lowest BCUT2D eigenvalue weighted by molar-refractivity contribution is 0.332. The molecule has 0 atom stereocenters. The lowest BCUT2D eigenvalue weighted by Gasteiger charge is -2.47. The first-order valence-electron chi connectivity index (χ1n) is 26.1. The largest absolute Gasteiger partial charge is 0.456 e. The van der Waals surface area contributed by atoms with Gasteiger partial charge in [-0.15, -0.1) is 0 Å². The Hall–Kier alpha value is -6.78. The first-order valence-corrected chi connectivity index (χ1v) is 26.1. The summed E-state index contributed by atoms with van der Waals surface area (Å²) in [6.45, 7) is 28.9. The number of hydrogen-bond donors (Lipinski definition) is 0. The van der Waals surface area contributed by atoms with E-state index in [1.165, 1.54) is 112 Å². The van der Waals surface area contributed by atoms with Gasteiger partial charge in [0, 0.05) is 50.8 Å². The van der Waals surface area contributed by atoms with E-state index in [0.717, 1.165) is 46.2 Å². The number of nitrogens with zero attached hydrogens (tertiary/aromatic N) is 2. The van der Waals surface area contributed by atoms with Gasteiger partial charge in [0.2, 0.25) is 0 Å². The fraction of sp³-hybridized carbons (Fsp3) is 0.284. The Balaban J connectivity index is 1.22. The molecular formula is C67H65BN2O. The van der Waals surface area contributed by atoms with Crippen molar-refractivity contribution < 1.29 is 4.42 Å². The van der Waals surface area contributed by atoms with E-state index in [9.17, 15) is 0 Å². The highest BCUT2D eigenvalue weighted by molar-refractivity contribution is 7.00. The van der Waals surface area contributed by atoms with Crippen LogP contribution >= 0.6 is 0 Å². The molecule has 2 aliphatic heterocycles. The standard InChI is InChI=1S/C67H65BN2O/c1-39-28-41(3)62(42(4)29-39)44-31-58-63-59(32-44)70(55-35-50-48(30-40(55)2)64(5,6)26-27-65(50,7)8)56-36-51-49(66(9,10)38-67(51,11)12)34-53(56)68(63)52-33-47-46-23-17-19-25-60(46)71-61(47)37-57(52)69(58)54-24-18-16-22-45(54)43-20-14-13-15-21-43/h13-25,28-37H,26-27,38H2,1-12H3. The molecule has 0 radical (unpaired) electrons. The molecule has 8 aromatic carbocycles. The monoisotopic (exact) mass is 925 g/mol. The molecule has 3 heterocycles. The van der Waals surface area contributed by atoms with Gasteiger partial charge in [-0.3, -0.25) is 0 Å². The maximum atomic E-state index is 6.86. The predicted molar refractivity (Wildman–Crippen MR) is 304 cm³/mol. The molecule has 352 valence electrons. The highest BCUT2D eigenvalue weighted by atomic mass is 16.3. The molecule has 13 rings (SSSR count). The first-order chi connectivity index (χ1) is 33.8. The number of rotatable bonds is 4. The zero-order valence-corrected chi connectivity index (χ0v) is 43.8. The van der Waals surface area contributed by atoms with Crippen LogP contribution in [0.1, 0.15) is 119 Å². The van der Waals surface area contributed by atoms with Crippen LogP contribution in [-0.4, -0.2) is 6.71 Å². The maximum Gasteiger partial charge on any atom is 0.252 e. The van der Waals surface area contributed by atoms with Crippen molar-refractivity contribution in [2.24, 2.45) is 0 Å². The molecular weight excluding hydrogens is 860 g/mol. The Morgan fingerprint density at radius 2 is 0.972 bits per heavy atom. The molecule has 0 unspecified atom stereocenters. The lowest BCUT2D eigenvalue weighted by atomic mass is 9.33. The van der Waals surface area contributed by atoms with Gasteiger partial charge in [-0.1, -0.05) is 158 Å². The van der Waals surface area contributed by atoms with Crippen LogP contribution in [0.5, 0.6) is 0 Å². The van der Waals surface area contributed by atoms with E-state index in [-0.39, 0.29) is 28.4 Å². The van der Waals surface area contributed by atoms with Crippen LogP contribution in [0.25, 0.3) is 44.2 Å². The summed E-state index contributed by atoms with van der Waals surface area (Å²) < 4.78 is 6.86. The molecule has 0 saturated carbocycles. The summed E-state index contributed by atoms with van der Waals surface area (Å²) in [5.41, 5.74) is 29.3. The van der Waals surface area contributed by atoms with Gasteiger partial charge in [0.25, 0.3) is 6.71 Å². The smallest absolute Gasteiger partial charge is 0.252 e. The second-order valence-corrected chi connectivity index (χ2v) is 24.5. The van der Waals surface area contributed by atoms with Crippen molar-refractivity contribution in [2.75, 3.05) is 9.80 Å². The quantitative estimate of drug-likeness (QED) is 0.164. The van der Waals surface area contributed by atoms with E-state index in [0.29, 0.717) is 0 Å². The van der Waals surface area contributed by atoms with Gasteiger partial charge in [0.15, 0.2) is 0 Å². The fourth-order valence-corrected chi connectivity index (χ4v) is 14.5. The Kier molecular flexibility index (Phi) is 9.27. The molecule has 3 nitrogen and oxygen atoms in total. The number of benzene rings is 8. The summed E-state index contributed by atoms with van der Waals surface area (Å²) in [6.07, 6.45) is 3.44. The summed E-state index contributed by atoms with van der Waals surface area (Å²) in [7, 11) is 0. The molecule has 0 bridgehead atoms. The van der Waals surface area contributed by atoms with Gasteiger partial charge in [-0.05, 0) is 177 Å². The van der Waals surface area contributed by atoms with Gasteiger partial charge >= 0.3 is 0 Å². The summed E-state index contributed by atoms with van der Waals surface area (Å²) in [6, 6.07) is 53.8. The molecule has 0 N–H and O–H groups in total. The van der Waals surface area contributed by atoms with Crippen molar-refractivity contribution in [3.05, 3.63) is 184 Å². The third kappa shape index (κ3) is 6.41. The van der Waals surface area contributed by atoms with Crippen molar-refractivity contribution in [2.45, 2.75) is 124 Å². The number of furan rings is 1. The molecule has 0 fully saturated rings. The van der Waals surface area contributed by atoms with Gasteiger partial charge < -0.3 is 14.2 Å². The van der Waals surface area contributed by atoms with E-state index in [2.05, 4.69) is 232 Å². The van der Waals surface area contributed by atoms with Crippen molar-refractivity contribution in [3.8, 4) is 22.3 Å². The highest BCUT2D eigenvalue weighted by Crippen LogP contribution is 2.56. The maximum absolute atomic E-state index is 6.86. The van der Waals surface area contributed by atoms with Crippen LogP contribution in [-0.2, 0) is 21.7 Å². The van der Waals surface area contributed by atoms with E-state index in [1.807, 2.05) is 0 Å². The SMILES string of the molecule is Cc1cc(C)c(-c2cc3c4c(c2)N(c2ccccc2-c2ccccc2)c2cc5oc6ccccc6c5cc2B4c2cc4c(cc2N3c2cc3c(cc2C)C(C)(C)CCC3(C)C)C(C)(C)CC4(C)C)c(C)c1. The molecule has 1 aromatic heterocycles. The highest BCUT2D eigenvalue weighted by Gasteiger charge is 2.49. The van der Waals surface area contributed by atoms with E-state index >= 15 is 0 Å². The zero-order valence-electron chi connectivity index (χ0n) is 43.8. The van der Waals surface area contributed by atoms with Gasteiger partial charge in [0.05, 0.1) is 5.69 Å². The number of para-hydroxylation sites is 2. The molecule has 0 spiro atoms. The molecule has 4 aliphatic rings. The van der Waals surface area contributed by atoms with Crippen LogP contribution < -0.4 is 26.2 Å². The molecule has 0 saturated heterocycles. The fourth-order valence-electron chi connectivity index (χ4n) is 14.5. The number of anilines is 6. The normalized spacial score (nSPS) is 17.5. The Morgan fingerprint density at radius 1 is 0.423 bits per heavy atom. The second kappa shape index (κ2) is 14.9. The summed E-state index contributed by atoms with van der Waals surface area (Å²) >= 11 is 0. The minimum atomic E-state index is -0.0631. The van der Waals surface area contributed by atoms with Crippen molar-refractivity contribution in [1.29, 1.82) is 0 Å². The van der Waals surface area contributed by atoms with Gasteiger partial charge in [0.1, 0.15) is 11.2 Å². The summed E-state index contributed by atoms with van der Waals surface area (Å²) in [5, 5.41) is 2.31. The minimum absolute atomic E-state index is 0.00411. The molecule has 4 heteroatoms. The topological polar surface area (TPSA) is 19.6 Å². The number of fused-ring (bicyclic) bond motifs is 9. The van der Waals surface area contributed by atoms with Crippen molar-refractivity contribution >= 4 is 79.2 Å². The third-order valence-electron chi connectivity index (χ3n) is 17.7. The number of hydrogen-bond acceptors (Lipinski definition) is 3. The Labute approximate surface area is 421 Å². The molecule has 71 heavy (non-hydrogen) atoms. The molecule has 2 aliphatic carbocycles. The predicted octanol–water partition coefficient (Wildman–Crippen LogP) is 16.5. The van der Waals surface area contributed by atoms with E-state index in [4.69, 9.17) is 4.42 Å². The Bertz CT molecular complexity index is 3730. The Morgan fingerprint density at radius 3 is 1.68 bits per heavy atom. The van der Waals surface area contributed by atoms with Gasteiger partial charge in [-0.25, -0.2) is 0 Å². The average molecular weight is 925 g/mol. The van der Waals surface area contributed by atoms with Crippen molar-refractivity contribution in [3.63, 3.8) is 0 Å². The summed E-state index contributed by atoms with van der Waals surface area (Å²) in [5.74, 6) is 0. The third-order valence-corrected chi connectivity index (χ3v) is 17.7. The first kappa shape index (κ1) is 44.2. The average Bonchev–Trinajstić information content (AvgIpc) is 3.77. The van der Waals surface area contributed by atoms with Crippen molar-refractivity contribution in [1.82, 2.24) is 0 Å².